The third-order valence-electron chi connectivity index (χ3n) is 7.14. The molecule has 0 aliphatic carbocycles. The van der Waals surface area contributed by atoms with Crippen molar-refractivity contribution >= 4 is 28.7 Å². The number of pyridine rings is 1. The Kier molecular flexibility index (Phi) is 8.76. The normalized spacial score (nSPS) is 15.7. The van der Waals surface area contributed by atoms with Crippen LogP contribution in [0.25, 0.3) is 11.0 Å². The van der Waals surface area contributed by atoms with E-state index in [-0.39, 0.29) is 24.5 Å². The lowest BCUT2D eigenvalue weighted by Gasteiger charge is -2.40. The minimum atomic E-state index is -0.0435. The monoisotopic (exact) mass is 521 g/mol. The van der Waals surface area contributed by atoms with Crippen LogP contribution in [-0.2, 0) is 17.9 Å². The minimum Gasteiger partial charge on any atom is -0.493 e. The number of anilines is 1. The smallest absolute Gasteiger partial charge is 0.325 e. The summed E-state index contributed by atoms with van der Waals surface area (Å²) >= 11 is 0. The number of unbranched alkanes of at least 4 members (excludes halogenated alkanes) is 2. The van der Waals surface area contributed by atoms with Crippen LogP contribution in [0.15, 0.2) is 42.7 Å². The number of carbonyl (C=O) groups is 2. The highest BCUT2D eigenvalue weighted by Gasteiger charge is 2.32. The molecule has 1 saturated heterocycles. The fourth-order valence-corrected chi connectivity index (χ4v) is 4.74. The van der Waals surface area contributed by atoms with E-state index in [2.05, 4.69) is 18.8 Å². The van der Waals surface area contributed by atoms with Gasteiger partial charge >= 0.3 is 6.03 Å². The molecule has 1 aliphatic rings. The van der Waals surface area contributed by atoms with E-state index in [1.54, 1.807) is 32.3 Å². The van der Waals surface area contributed by atoms with Crippen molar-refractivity contribution < 1.29 is 19.1 Å². The van der Waals surface area contributed by atoms with Crippen molar-refractivity contribution in [1.82, 2.24) is 19.4 Å². The molecular formula is C29H39N5O4. The first-order valence-corrected chi connectivity index (χ1v) is 13.4. The number of fused-ring (bicyclic) bond motifs is 1. The lowest BCUT2D eigenvalue weighted by Crippen LogP contribution is -2.53. The Balaban J connectivity index is 1.55. The maximum Gasteiger partial charge on any atom is 0.325 e. The van der Waals surface area contributed by atoms with Gasteiger partial charge in [-0.1, -0.05) is 19.8 Å². The standard InChI is InChI=1S/C29H39N5O4/c1-6-7-8-17-38-26-18-23(9-10-25(26)37-5)33-16-12-21(2)34(29(33)36)19-22-11-14-30-28-24(22)13-15-32(28)20-27(35)31(3)4/h9-11,13-15,18,21H,6-8,12,16-17,19-20H2,1-5H3/t21-/m1/s1. The second-order valence-electron chi connectivity index (χ2n) is 10.0. The first kappa shape index (κ1) is 27.3. The summed E-state index contributed by atoms with van der Waals surface area (Å²) in [4.78, 5) is 35.9. The molecule has 1 aromatic carbocycles. The molecule has 0 saturated carbocycles. The highest BCUT2D eigenvalue weighted by Crippen LogP contribution is 2.34. The molecule has 1 aliphatic heterocycles. The van der Waals surface area contributed by atoms with Crippen molar-refractivity contribution in [3.8, 4) is 11.5 Å². The molecule has 1 fully saturated rings. The van der Waals surface area contributed by atoms with Crippen molar-refractivity contribution in [3.05, 3.63) is 48.3 Å². The molecule has 3 heterocycles. The molecule has 204 valence electrons. The first-order valence-electron chi connectivity index (χ1n) is 13.4. The summed E-state index contributed by atoms with van der Waals surface area (Å²) in [6.45, 7) is 6.17. The van der Waals surface area contributed by atoms with Crippen LogP contribution < -0.4 is 14.4 Å². The minimum absolute atomic E-state index is 0.00150. The van der Waals surface area contributed by atoms with E-state index in [4.69, 9.17) is 9.47 Å². The summed E-state index contributed by atoms with van der Waals surface area (Å²) in [5, 5.41) is 0.948. The average Bonchev–Trinajstić information content (AvgIpc) is 3.32. The summed E-state index contributed by atoms with van der Waals surface area (Å²) in [5.74, 6) is 1.32. The number of nitrogens with zero attached hydrogens (tertiary/aromatic N) is 5. The fraction of sp³-hybridized carbons (Fsp3) is 0.483. The van der Waals surface area contributed by atoms with Crippen molar-refractivity contribution in [2.45, 2.75) is 58.7 Å². The van der Waals surface area contributed by atoms with E-state index in [9.17, 15) is 9.59 Å². The van der Waals surface area contributed by atoms with Gasteiger partial charge in [0.15, 0.2) is 11.5 Å². The van der Waals surface area contributed by atoms with Gasteiger partial charge in [-0.25, -0.2) is 9.78 Å². The van der Waals surface area contributed by atoms with Crippen LogP contribution in [0.2, 0.25) is 0 Å². The van der Waals surface area contributed by atoms with Gasteiger partial charge in [0.05, 0.1) is 13.7 Å². The van der Waals surface area contributed by atoms with Crippen molar-refractivity contribution in [3.63, 3.8) is 0 Å². The number of methoxy groups -OCH3 is 1. The third kappa shape index (κ3) is 5.87. The van der Waals surface area contributed by atoms with Crippen LogP contribution >= 0.6 is 0 Å². The summed E-state index contributed by atoms with van der Waals surface area (Å²) in [7, 11) is 5.11. The number of urea groups is 1. The van der Waals surface area contributed by atoms with Crippen LogP contribution in [-0.4, -0.2) is 71.7 Å². The Morgan fingerprint density at radius 2 is 1.97 bits per heavy atom. The zero-order chi connectivity index (χ0) is 27.2. The molecule has 0 radical (unpaired) electrons. The van der Waals surface area contributed by atoms with Crippen LogP contribution in [0.3, 0.4) is 0 Å². The van der Waals surface area contributed by atoms with Gasteiger partial charge in [-0.05, 0) is 49.6 Å². The molecule has 1 atom stereocenters. The van der Waals surface area contributed by atoms with E-state index in [0.717, 1.165) is 48.0 Å². The van der Waals surface area contributed by atoms with E-state index < -0.39 is 0 Å². The summed E-state index contributed by atoms with van der Waals surface area (Å²) < 4.78 is 13.4. The quantitative estimate of drug-likeness (QED) is 0.335. The number of likely N-dealkylation sites (N-methyl/N-ethyl adjacent to an activating group) is 1. The number of ether oxygens (including phenoxy) is 2. The molecule has 0 bridgehead atoms. The second kappa shape index (κ2) is 12.2. The molecule has 0 unspecified atom stereocenters. The van der Waals surface area contributed by atoms with Crippen LogP contribution in [0.1, 0.15) is 45.1 Å². The molecule has 9 heteroatoms. The summed E-state index contributed by atoms with van der Waals surface area (Å²) in [6.07, 6.45) is 7.68. The van der Waals surface area contributed by atoms with Gasteiger partial charge in [0.25, 0.3) is 0 Å². The van der Waals surface area contributed by atoms with Gasteiger partial charge in [-0.3, -0.25) is 9.69 Å². The van der Waals surface area contributed by atoms with Gasteiger partial charge in [0, 0.05) is 62.8 Å². The lowest BCUT2D eigenvalue weighted by molar-refractivity contribution is -0.129. The third-order valence-corrected chi connectivity index (χ3v) is 7.14. The van der Waals surface area contributed by atoms with E-state index in [0.29, 0.717) is 31.2 Å². The van der Waals surface area contributed by atoms with Gasteiger partial charge in [-0.15, -0.1) is 0 Å². The predicted molar refractivity (Wildman–Crippen MR) is 149 cm³/mol. The van der Waals surface area contributed by atoms with Gasteiger partial charge < -0.3 is 23.8 Å². The highest BCUT2D eigenvalue weighted by molar-refractivity contribution is 5.94. The molecule has 3 amide bonds. The molecule has 2 aromatic heterocycles. The Bertz CT molecular complexity index is 1270. The molecule has 9 nitrogen and oxygen atoms in total. The maximum absolute atomic E-state index is 13.8. The van der Waals surface area contributed by atoms with Gasteiger partial charge in [0.1, 0.15) is 12.2 Å². The Labute approximate surface area is 224 Å². The SMILES string of the molecule is CCCCCOc1cc(N2CC[C@@H](C)N(Cc3ccnc4c3ccn4CC(=O)N(C)C)C2=O)ccc1OC. The molecule has 0 N–H and O–H groups in total. The average molecular weight is 522 g/mol. The molecule has 4 rings (SSSR count). The predicted octanol–water partition coefficient (Wildman–Crippen LogP) is 4.92. The zero-order valence-electron chi connectivity index (χ0n) is 23.1. The number of benzene rings is 1. The number of hydrogen-bond donors (Lipinski definition) is 0. The second-order valence-corrected chi connectivity index (χ2v) is 10.0. The Hall–Kier alpha value is -3.75. The number of rotatable bonds is 11. The van der Waals surface area contributed by atoms with Crippen molar-refractivity contribution in [2.75, 3.05) is 39.3 Å². The molecule has 38 heavy (non-hydrogen) atoms. The van der Waals surface area contributed by atoms with Gasteiger partial charge in [-0.2, -0.15) is 0 Å². The first-order chi connectivity index (χ1) is 18.3. The van der Waals surface area contributed by atoms with E-state index >= 15 is 0 Å². The Morgan fingerprint density at radius 3 is 2.71 bits per heavy atom. The topological polar surface area (TPSA) is 80.1 Å². The molecular weight excluding hydrogens is 482 g/mol. The fourth-order valence-electron chi connectivity index (χ4n) is 4.74. The number of amides is 3. The van der Waals surface area contributed by atoms with Crippen molar-refractivity contribution in [1.29, 1.82) is 0 Å². The largest absolute Gasteiger partial charge is 0.493 e. The highest BCUT2D eigenvalue weighted by atomic mass is 16.5. The summed E-state index contributed by atoms with van der Waals surface area (Å²) in [5.41, 5.74) is 2.54. The molecule has 3 aromatic rings. The Morgan fingerprint density at radius 1 is 1.16 bits per heavy atom. The zero-order valence-corrected chi connectivity index (χ0v) is 23.1. The van der Waals surface area contributed by atoms with Crippen molar-refractivity contribution in [2.24, 2.45) is 0 Å². The number of aromatic nitrogens is 2. The maximum atomic E-state index is 13.8. The van der Waals surface area contributed by atoms with Crippen LogP contribution in [0.5, 0.6) is 11.5 Å². The molecule has 0 spiro atoms. The van der Waals surface area contributed by atoms with E-state index in [1.165, 1.54) is 0 Å². The van der Waals surface area contributed by atoms with E-state index in [1.807, 2.05) is 50.9 Å². The summed E-state index contributed by atoms with van der Waals surface area (Å²) in [6, 6.07) is 9.66. The van der Waals surface area contributed by atoms with Crippen LogP contribution in [0.4, 0.5) is 10.5 Å². The number of carbonyl (C=O) groups excluding carboxylic acids is 2. The van der Waals surface area contributed by atoms with Gasteiger partial charge in [0.2, 0.25) is 5.91 Å². The van der Waals surface area contributed by atoms with Crippen LogP contribution in [0, 0.1) is 0 Å². The lowest BCUT2D eigenvalue weighted by atomic mass is 10.1. The number of hydrogen-bond acceptors (Lipinski definition) is 5.